The largest absolute Gasteiger partial charge is 0.379 e. The van der Waals surface area contributed by atoms with Crippen LogP contribution >= 0.6 is 0 Å². The molecule has 15 heteroatoms. The Hall–Kier alpha value is -1.17. The average molecular weight is 586 g/mol. The molecule has 0 saturated heterocycles. The SMILES string of the molecule is COC(C)OCCOCCOCCOCCOCCOCCOCCOCCOCCOCCOCCN=[N+]=[N-]. The molecule has 0 spiro atoms. The molecule has 0 aliphatic rings. The van der Waals surface area contributed by atoms with E-state index in [1.54, 1.807) is 7.11 Å². The van der Waals surface area contributed by atoms with Gasteiger partial charge in [0.05, 0.1) is 139 Å². The van der Waals surface area contributed by atoms with Crippen LogP contribution < -0.4 is 0 Å². The van der Waals surface area contributed by atoms with Crippen molar-refractivity contribution >= 4 is 0 Å². The summed E-state index contributed by atoms with van der Waals surface area (Å²) in [5, 5.41) is 3.37. The Balaban J connectivity index is 3.04. The standard InChI is InChI=1S/C25H51N3O12/c1-25(29-2)40-24-23-39-22-21-38-20-19-37-18-17-36-16-15-35-14-13-34-12-11-33-10-9-32-8-7-31-6-5-30-4-3-27-28-26/h25H,3-24H2,1-2H3. The molecule has 0 radical (unpaired) electrons. The van der Waals surface area contributed by atoms with E-state index in [4.69, 9.17) is 62.4 Å². The lowest BCUT2D eigenvalue weighted by Gasteiger charge is -2.11. The maximum Gasteiger partial charge on any atom is 0.154 e. The van der Waals surface area contributed by atoms with Gasteiger partial charge in [-0.2, -0.15) is 0 Å². The zero-order valence-corrected chi connectivity index (χ0v) is 24.4. The summed E-state index contributed by atoms with van der Waals surface area (Å²) in [7, 11) is 1.60. The van der Waals surface area contributed by atoms with Gasteiger partial charge in [-0.3, -0.25) is 0 Å². The molecular formula is C25H51N3O12. The molecule has 0 fully saturated rings. The normalized spacial score (nSPS) is 12.1. The van der Waals surface area contributed by atoms with E-state index >= 15 is 0 Å². The quantitative estimate of drug-likeness (QED) is 0.0347. The molecular weight excluding hydrogens is 534 g/mol. The lowest BCUT2D eigenvalue weighted by atomic mass is 10.6. The number of rotatable bonds is 35. The Morgan fingerprint density at radius 3 is 0.950 bits per heavy atom. The molecule has 0 rings (SSSR count). The van der Waals surface area contributed by atoms with Gasteiger partial charge in [-0.25, -0.2) is 0 Å². The zero-order chi connectivity index (χ0) is 29.0. The summed E-state index contributed by atoms with van der Waals surface area (Å²) in [4.78, 5) is 2.64. The van der Waals surface area contributed by atoms with Crippen molar-refractivity contribution in [2.75, 3.05) is 152 Å². The van der Waals surface area contributed by atoms with Crippen molar-refractivity contribution in [2.24, 2.45) is 5.11 Å². The number of nitrogens with zero attached hydrogens (tertiary/aromatic N) is 3. The van der Waals surface area contributed by atoms with Gasteiger partial charge >= 0.3 is 0 Å². The van der Waals surface area contributed by atoms with Crippen LogP contribution in [0.4, 0.5) is 0 Å². The predicted octanol–water partition coefficient (Wildman–Crippen LogP) is 1.47. The van der Waals surface area contributed by atoms with Gasteiger partial charge in [-0.1, -0.05) is 5.11 Å². The first kappa shape index (κ1) is 38.8. The van der Waals surface area contributed by atoms with E-state index in [0.717, 1.165) is 0 Å². The molecule has 238 valence electrons. The molecule has 40 heavy (non-hydrogen) atoms. The molecule has 0 aliphatic carbocycles. The Bertz CT molecular complexity index is 533. The van der Waals surface area contributed by atoms with E-state index in [9.17, 15) is 0 Å². The lowest BCUT2D eigenvalue weighted by Crippen LogP contribution is -2.16. The second-order valence-electron chi connectivity index (χ2n) is 7.75. The average Bonchev–Trinajstić information content (AvgIpc) is 2.97. The molecule has 0 amide bonds. The fourth-order valence-electron chi connectivity index (χ4n) is 2.57. The summed E-state index contributed by atoms with van der Waals surface area (Å²) in [5.41, 5.74) is 8.12. The third-order valence-corrected chi connectivity index (χ3v) is 4.66. The van der Waals surface area contributed by atoms with Gasteiger partial charge in [-0.05, 0) is 12.5 Å². The fraction of sp³-hybridized carbons (Fsp3) is 1.00. The fourth-order valence-corrected chi connectivity index (χ4v) is 2.57. The first-order chi connectivity index (χ1) is 19.8. The highest BCUT2D eigenvalue weighted by Crippen LogP contribution is 1.90. The van der Waals surface area contributed by atoms with Crippen LogP contribution in [-0.2, 0) is 56.8 Å². The van der Waals surface area contributed by atoms with Crippen molar-refractivity contribution in [1.29, 1.82) is 0 Å². The van der Waals surface area contributed by atoms with Crippen molar-refractivity contribution < 1.29 is 56.8 Å². The lowest BCUT2D eigenvalue weighted by molar-refractivity contribution is -0.123. The van der Waals surface area contributed by atoms with E-state index in [2.05, 4.69) is 10.0 Å². The predicted molar refractivity (Wildman–Crippen MR) is 145 cm³/mol. The summed E-state index contributed by atoms with van der Waals surface area (Å²) in [5.74, 6) is 0. The van der Waals surface area contributed by atoms with Crippen LogP contribution in [0.15, 0.2) is 5.11 Å². The van der Waals surface area contributed by atoms with Crippen LogP contribution in [0.3, 0.4) is 0 Å². The van der Waals surface area contributed by atoms with Crippen LogP contribution in [0.2, 0.25) is 0 Å². The number of hydrogen-bond acceptors (Lipinski definition) is 13. The molecule has 0 heterocycles. The number of azide groups is 1. The first-order valence-electron chi connectivity index (χ1n) is 13.7. The molecule has 0 N–H and O–H groups in total. The molecule has 15 nitrogen and oxygen atoms in total. The highest BCUT2D eigenvalue weighted by atomic mass is 16.7. The van der Waals surface area contributed by atoms with Gasteiger partial charge in [0, 0.05) is 18.6 Å². The molecule has 0 saturated carbocycles. The maximum absolute atomic E-state index is 8.12. The minimum Gasteiger partial charge on any atom is -0.379 e. The first-order valence-corrected chi connectivity index (χ1v) is 13.7. The summed E-state index contributed by atoms with van der Waals surface area (Å²) in [6, 6.07) is 0. The topological polar surface area (TPSA) is 160 Å². The van der Waals surface area contributed by atoms with Gasteiger partial charge in [0.15, 0.2) is 6.29 Å². The highest BCUT2D eigenvalue weighted by Gasteiger charge is 1.98. The summed E-state index contributed by atoms with van der Waals surface area (Å²) < 4.78 is 64.3. The minimum atomic E-state index is -0.219. The second kappa shape index (κ2) is 35.9. The van der Waals surface area contributed by atoms with Crippen molar-refractivity contribution in [2.45, 2.75) is 13.2 Å². The summed E-state index contributed by atoms with van der Waals surface area (Å²) >= 11 is 0. The Morgan fingerprint density at radius 1 is 0.450 bits per heavy atom. The van der Waals surface area contributed by atoms with E-state index in [0.29, 0.717) is 145 Å². The maximum atomic E-state index is 8.12. The smallest absolute Gasteiger partial charge is 0.154 e. The van der Waals surface area contributed by atoms with Gasteiger partial charge in [-0.15, -0.1) is 0 Å². The van der Waals surface area contributed by atoms with E-state index in [1.165, 1.54) is 0 Å². The molecule has 0 aromatic heterocycles. The Labute approximate surface area is 238 Å². The monoisotopic (exact) mass is 585 g/mol. The zero-order valence-electron chi connectivity index (χ0n) is 24.4. The third kappa shape index (κ3) is 34.9. The molecule has 1 atom stereocenters. The summed E-state index contributed by atoms with van der Waals surface area (Å²) in [6.45, 7) is 12.5. The third-order valence-electron chi connectivity index (χ3n) is 4.66. The number of methoxy groups -OCH3 is 1. The molecule has 1 unspecified atom stereocenters. The van der Waals surface area contributed by atoms with E-state index < -0.39 is 0 Å². The number of ether oxygens (including phenoxy) is 12. The molecule has 0 aromatic carbocycles. The van der Waals surface area contributed by atoms with Crippen molar-refractivity contribution in [1.82, 2.24) is 0 Å². The molecule has 0 aromatic rings. The minimum absolute atomic E-state index is 0.219. The van der Waals surface area contributed by atoms with Crippen LogP contribution in [0.5, 0.6) is 0 Å². The highest BCUT2D eigenvalue weighted by molar-refractivity contribution is 4.44. The molecule has 0 bridgehead atoms. The molecule has 0 aliphatic heterocycles. The van der Waals surface area contributed by atoms with Gasteiger partial charge < -0.3 is 56.8 Å². The van der Waals surface area contributed by atoms with Gasteiger partial charge in [0.25, 0.3) is 0 Å². The van der Waals surface area contributed by atoms with Crippen LogP contribution in [-0.4, -0.2) is 159 Å². The van der Waals surface area contributed by atoms with Crippen molar-refractivity contribution in [3.63, 3.8) is 0 Å². The Kier molecular flexibility index (Phi) is 34.8. The van der Waals surface area contributed by atoms with Gasteiger partial charge in [0.1, 0.15) is 0 Å². The van der Waals surface area contributed by atoms with Crippen LogP contribution in [0.25, 0.3) is 10.4 Å². The van der Waals surface area contributed by atoms with Gasteiger partial charge in [0.2, 0.25) is 0 Å². The summed E-state index contributed by atoms with van der Waals surface area (Å²) in [6.07, 6.45) is -0.219. The second-order valence-corrected chi connectivity index (χ2v) is 7.75. The van der Waals surface area contributed by atoms with E-state index in [-0.39, 0.29) is 6.29 Å². The van der Waals surface area contributed by atoms with Crippen molar-refractivity contribution in [3.8, 4) is 0 Å². The Morgan fingerprint density at radius 2 is 0.700 bits per heavy atom. The van der Waals surface area contributed by atoms with Crippen LogP contribution in [0, 0.1) is 0 Å². The van der Waals surface area contributed by atoms with Crippen LogP contribution in [0.1, 0.15) is 6.92 Å². The van der Waals surface area contributed by atoms with E-state index in [1.807, 2.05) is 6.92 Å². The number of hydrogen-bond donors (Lipinski definition) is 0. The van der Waals surface area contributed by atoms with Crippen molar-refractivity contribution in [3.05, 3.63) is 10.4 Å².